The summed E-state index contributed by atoms with van der Waals surface area (Å²) < 4.78 is 0. The Morgan fingerprint density at radius 3 is 2.47 bits per heavy atom. The zero-order valence-corrected chi connectivity index (χ0v) is 11.5. The fourth-order valence-corrected chi connectivity index (χ4v) is 1.57. The fourth-order valence-electron chi connectivity index (χ4n) is 1.57. The Bertz CT molecular complexity index is 388. The van der Waals surface area contributed by atoms with Crippen LogP contribution in [0.1, 0.15) is 40.2 Å². The summed E-state index contributed by atoms with van der Waals surface area (Å²) in [6.45, 7) is 10.1. The van der Waals surface area contributed by atoms with Crippen molar-refractivity contribution in [2.24, 2.45) is 11.3 Å². The van der Waals surface area contributed by atoms with Crippen molar-refractivity contribution < 1.29 is 4.79 Å². The lowest BCUT2D eigenvalue weighted by Gasteiger charge is -2.18. The van der Waals surface area contributed by atoms with Crippen LogP contribution in [0, 0.1) is 11.3 Å². The number of carbonyl (C=O) groups excluding carboxylic acids is 1. The summed E-state index contributed by atoms with van der Waals surface area (Å²) in [5.74, 6) is 0.683. The second kappa shape index (κ2) is 5.35. The predicted molar refractivity (Wildman–Crippen MR) is 73.1 cm³/mol. The molecule has 1 N–H and O–H groups in total. The molecule has 0 heterocycles. The van der Waals surface area contributed by atoms with Crippen molar-refractivity contribution in [1.29, 1.82) is 0 Å². The molecule has 0 unspecified atom stereocenters. The summed E-state index contributed by atoms with van der Waals surface area (Å²) in [6.07, 6.45) is 1.04. The van der Waals surface area contributed by atoms with Crippen LogP contribution in [0.15, 0.2) is 24.3 Å². The van der Waals surface area contributed by atoms with Gasteiger partial charge in [-0.15, -0.1) is 0 Å². The van der Waals surface area contributed by atoms with Crippen LogP contribution in [0.4, 0.5) is 5.69 Å². The van der Waals surface area contributed by atoms with E-state index < -0.39 is 0 Å². The number of hydrogen-bond acceptors (Lipinski definition) is 1. The molecule has 1 aromatic rings. The summed E-state index contributed by atoms with van der Waals surface area (Å²) in [7, 11) is 0. The second-order valence-electron chi connectivity index (χ2n) is 6.00. The number of amides is 1. The highest BCUT2D eigenvalue weighted by Gasteiger charge is 2.21. The van der Waals surface area contributed by atoms with Gasteiger partial charge in [-0.05, 0) is 30.0 Å². The molecule has 1 aromatic carbocycles. The molecule has 0 fully saturated rings. The maximum absolute atomic E-state index is 11.9. The normalized spacial score (nSPS) is 11.6. The molecule has 0 atom stereocenters. The van der Waals surface area contributed by atoms with Crippen LogP contribution in [0.3, 0.4) is 0 Å². The van der Waals surface area contributed by atoms with E-state index in [4.69, 9.17) is 0 Å². The molecule has 1 rings (SSSR count). The number of benzene rings is 1. The minimum absolute atomic E-state index is 0.0548. The maximum atomic E-state index is 11.9. The summed E-state index contributed by atoms with van der Waals surface area (Å²) in [5, 5.41) is 2.96. The van der Waals surface area contributed by atoms with Gasteiger partial charge in [0.2, 0.25) is 5.91 Å². The summed E-state index contributed by atoms with van der Waals surface area (Å²) in [5.41, 5.74) is 1.81. The van der Waals surface area contributed by atoms with Crippen molar-refractivity contribution in [1.82, 2.24) is 0 Å². The molecular weight excluding hydrogens is 210 g/mol. The molecule has 0 radical (unpaired) electrons. The number of nitrogens with one attached hydrogen (secondary N) is 1. The van der Waals surface area contributed by atoms with Gasteiger partial charge in [-0.3, -0.25) is 4.79 Å². The van der Waals surface area contributed by atoms with Crippen LogP contribution in [-0.4, -0.2) is 5.91 Å². The van der Waals surface area contributed by atoms with E-state index in [-0.39, 0.29) is 11.3 Å². The Labute approximate surface area is 104 Å². The highest BCUT2D eigenvalue weighted by atomic mass is 16.2. The molecule has 1 amide bonds. The van der Waals surface area contributed by atoms with Crippen LogP contribution < -0.4 is 5.32 Å². The number of anilines is 1. The minimum atomic E-state index is -0.353. The smallest absolute Gasteiger partial charge is 0.229 e. The zero-order valence-electron chi connectivity index (χ0n) is 11.5. The van der Waals surface area contributed by atoms with Gasteiger partial charge in [0.25, 0.3) is 0 Å². The number of carbonyl (C=O) groups is 1. The molecule has 0 saturated heterocycles. The Morgan fingerprint density at radius 2 is 1.94 bits per heavy atom. The van der Waals surface area contributed by atoms with E-state index >= 15 is 0 Å². The van der Waals surface area contributed by atoms with Crippen LogP contribution in [0.25, 0.3) is 0 Å². The first-order chi connectivity index (χ1) is 7.79. The Kier molecular flexibility index (Phi) is 4.33. The molecule has 2 nitrogen and oxygen atoms in total. The third kappa shape index (κ3) is 4.59. The molecule has 0 spiro atoms. The van der Waals surface area contributed by atoms with E-state index in [0.29, 0.717) is 5.92 Å². The number of hydrogen-bond donors (Lipinski definition) is 1. The molecule has 2 heteroatoms. The van der Waals surface area contributed by atoms with Crippen LogP contribution in [0.5, 0.6) is 0 Å². The first-order valence-electron chi connectivity index (χ1n) is 6.19. The lowest BCUT2D eigenvalue weighted by molar-refractivity contribution is -0.123. The standard InChI is InChI=1S/C15H23NO/c1-11(2)9-12-7-6-8-13(10-12)16-14(17)15(3,4)5/h6-8,10-11H,9H2,1-5H3,(H,16,17). The van der Waals surface area contributed by atoms with Gasteiger partial charge >= 0.3 is 0 Å². The van der Waals surface area contributed by atoms with Gasteiger partial charge in [-0.2, -0.15) is 0 Å². The summed E-state index contributed by atoms with van der Waals surface area (Å²) >= 11 is 0. The molecule has 0 bridgehead atoms. The van der Waals surface area contributed by atoms with Gasteiger partial charge in [0.05, 0.1) is 0 Å². The van der Waals surface area contributed by atoms with Crippen LogP contribution in [-0.2, 0) is 11.2 Å². The van der Waals surface area contributed by atoms with Crippen molar-refractivity contribution in [2.75, 3.05) is 5.32 Å². The first-order valence-corrected chi connectivity index (χ1v) is 6.19. The molecule has 0 aliphatic rings. The summed E-state index contributed by atoms with van der Waals surface area (Å²) in [4.78, 5) is 11.9. The van der Waals surface area contributed by atoms with Gasteiger partial charge < -0.3 is 5.32 Å². The van der Waals surface area contributed by atoms with Crippen molar-refractivity contribution in [3.05, 3.63) is 29.8 Å². The van der Waals surface area contributed by atoms with Gasteiger partial charge in [0.15, 0.2) is 0 Å². The molecule has 94 valence electrons. The van der Waals surface area contributed by atoms with Crippen molar-refractivity contribution in [3.63, 3.8) is 0 Å². The summed E-state index contributed by atoms with van der Waals surface area (Å²) in [6, 6.07) is 8.10. The number of rotatable bonds is 3. The van der Waals surface area contributed by atoms with Gasteiger partial charge in [-0.25, -0.2) is 0 Å². The molecule has 0 aliphatic heterocycles. The van der Waals surface area contributed by atoms with E-state index in [0.717, 1.165) is 12.1 Å². The average Bonchev–Trinajstić information content (AvgIpc) is 2.15. The second-order valence-corrected chi connectivity index (χ2v) is 6.00. The van der Waals surface area contributed by atoms with Crippen LogP contribution in [0.2, 0.25) is 0 Å². The average molecular weight is 233 g/mol. The minimum Gasteiger partial charge on any atom is -0.326 e. The zero-order chi connectivity index (χ0) is 13.1. The monoisotopic (exact) mass is 233 g/mol. The maximum Gasteiger partial charge on any atom is 0.229 e. The lowest BCUT2D eigenvalue weighted by atomic mass is 9.95. The topological polar surface area (TPSA) is 29.1 Å². The van der Waals surface area contributed by atoms with Crippen molar-refractivity contribution in [2.45, 2.75) is 41.0 Å². The van der Waals surface area contributed by atoms with E-state index in [9.17, 15) is 4.79 Å². The van der Waals surface area contributed by atoms with E-state index in [2.05, 4.69) is 31.3 Å². The SMILES string of the molecule is CC(C)Cc1cccc(NC(=O)C(C)(C)C)c1. The quantitative estimate of drug-likeness (QED) is 0.843. The fraction of sp³-hybridized carbons (Fsp3) is 0.533. The molecule has 0 saturated carbocycles. The largest absolute Gasteiger partial charge is 0.326 e. The molecular formula is C15H23NO. The van der Waals surface area contributed by atoms with Gasteiger partial charge in [-0.1, -0.05) is 46.8 Å². The lowest BCUT2D eigenvalue weighted by Crippen LogP contribution is -2.27. The Morgan fingerprint density at radius 1 is 1.29 bits per heavy atom. The van der Waals surface area contributed by atoms with Crippen LogP contribution >= 0.6 is 0 Å². The van der Waals surface area contributed by atoms with Gasteiger partial charge in [0, 0.05) is 11.1 Å². The van der Waals surface area contributed by atoms with Gasteiger partial charge in [0.1, 0.15) is 0 Å². The molecule has 17 heavy (non-hydrogen) atoms. The highest BCUT2D eigenvalue weighted by molar-refractivity contribution is 5.94. The third-order valence-electron chi connectivity index (χ3n) is 2.51. The van der Waals surface area contributed by atoms with E-state index in [1.165, 1.54) is 5.56 Å². The van der Waals surface area contributed by atoms with Crippen molar-refractivity contribution >= 4 is 11.6 Å². The predicted octanol–water partition coefficient (Wildman–Crippen LogP) is 3.87. The molecule has 0 aliphatic carbocycles. The first kappa shape index (κ1) is 13.8. The highest BCUT2D eigenvalue weighted by Crippen LogP contribution is 2.19. The molecule has 0 aromatic heterocycles. The Hall–Kier alpha value is -1.31. The van der Waals surface area contributed by atoms with Crippen molar-refractivity contribution in [3.8, 4) is 0 Å². The van der Waals surface area contributed by atoms with E-state index in [1.54, 1.807) is 0 Å². The van der Waals surface area contributed by atoms with E-state index in [1.807, 2.05) is 32.9 Å². The Balaban J connectivity index is 2.76. The third-order valence-corrected chi connectivity index (χ3v) is 2.51.